The average molecular weight is 348 g/mol. The van der Waals surface area contributed by atoms with Gasteiger partial charge < -0.3 is 10.2 Å². The van der Waals surface area contributed by atoms with Gasteiger partial charge in [-0.2, -0.15) is 0 Å². The van der Waals surface area contributed by atoms with Crippen LogP contribution in [0, 0.1) is 5.82 Å². The van der Waals surface area contributed by atoms with Gasteiger partial charge in [-0.1, -0.05) is 24.3 Å². The van der Waals surface area contributed by atoms with E-state index in [9.17, 15) is 9.18 Å². The van der Waals surface area contributed by atoms with Gasteiger partial charge in [0.25, 0.3) is 5.91 Å². The van der Waals surface area contributed by atoms with Crippen molar-refractivity contribution in [2.45, 2.75) is 13.0 Å². The molecule has 1 aromatic heterocycles. The molecule has 1 amide bonds. The van der Waals surface area contributed by atoms with Gasteiger partial charge in [-0.15, -0.1) is 0 Å². The number of carbonyl (C=O) groups is 1. The lowest BCUT2D eigenvalue weighted by atomic mass is 10.1. The maximum Gasteiger partial charge on any atom is 0.254 e. The first kappa shape index (κ1) is 16.2. The van der Waals surface area contributed by atoms with Crippen LogP contribution in [0.4, 0.5) is 16.0 Å². The van der Waals surface area contributed by atoms with Gasteiger partial charge in [0.15, 0.2) is 0 Å². The molecule has 26 heavy (non-hydrogen) atoms. The van der Waals surface area contributed by atoms with Crippen LogP contribution in [0.15, 0.2) is 60.8 Å². The van der Waals surface area contributed by atoms with E-state index in [0.29, 0.717) is 36.7 Å². The van der Waals surface area contributed by atoms with E-state index in [-0.39, 0.29) is 11.7 Å². The summed E-state index contributed by atoms with van der Waals surface area (Å²) in [5.74, 6) is 0.124. The fourth-order valence-corrected chi connectivity index (χ4v) is 3.01. The van der Waals surface area contributed by atoms with Crippen LogP contribution in [0.2, 0.25) is 0 Å². The first-order chi connectivity index (χ1) is 12.7. The number of nitrogens with zero attached hydrogens (tertiary/aromatic N) is 3. The van der Waals surface area contributed by atoms with Crippen molar-refractivity contribution >= 4 is 17.5 Å². The van der Waals surface area contributed by atoms with Crippen molar-refractivity contribution in [3.05, 3.63) is 83.4 Å². The molecule has 4 rings (SSSR count). The molecule has 0 spiro atoms. The monoisotopic (exact) mass is 348 g/mol. The van der Waals surface area contributed by atoms with E-state index in [2.05, 4.69) is 15.3 Å². The standard InChI is InChI=1S/C20H17FN4O/c21-16-7-4-8-17(11-16)23-20-22-12-15-13-25(10-9-18(15)24-20)19(26)14-5-2-1-3-6-14/h1-8,11-12H,9-10,13H2,(H,22,23,24). The molecule has 1 aliphatic heterocycles. The number of hydrogen-bond donors (Lipinski definition) is 1. The molecule has 2 heterocycles. The molecule has 5 nitrogen and oxygen atoms in total. The summed E-state index contributed by atoms with van der Waals surface area (Å²) in [6.45, 7) is 1.10. The van der Waals surface area contributed by atoms with Crippen molar-refractivity contribution in [3.8, 4) is 0 Å². The first-order valence-corrected chi connectivity index (χ1v) is 8.41. The molecule has 3 aromatic rings. The van der Waals surface area contributed by atoms with Crippen molar-refractivity contribution < 1.29 is 9.18 Å². The molecule has 0 fully saturated rings. The van der Waals surface area contributed by atoms with Gasteiger partial charge >= 0.3 is 0 Å². The predicted octanol–water partition coefficient (Wildman–Crippen LogP) is 3.56. The average Bonchev–Trinajstić information content (AvgIpc) is 2.68. The van der Waals surface area contributed by atoms with E-state index in [0.717, 1.165) is 11.3 Å². The summed E-state index contributed by atoms with van der Waals surface area (Å²) < 4.78 is 13.3. The third kappa shape index (κ3) is 3.39. The van der Waals surface area contributed by atoms with Gasteiger partial charge in [0.05, 0.1) is 5.69 Å². The minimum absolute atomic E-state index is 0.0122. The van der Waals surface area contributed by atoms with Crippen LogP contribution in [0.5, 0.6) is 0 Å². The van der Waals surface area contributed by atoms with Gasteiger partial charge in [0.2, 0.25) is 5.95 Å². The summed E-state index contributed by atoms with van der Waals surface area (Å²) in [6.07, 6.45) is 2.39. The lowest BCUT2D eigenvalue weighted by Crippen LogP contribution is -2.36. The Bertz CT molecular complexity index is 946. The number of carbonyl (C=O) groups excluding carboxylic acids is 1. The number of anilines is 2. The second-order valence-electron chi connectivity index (χ2n) is 6.14. The van der Waals surface area contributed by atoms with E-state index in [1.54, 1.807) is 23.2 Å². The van der Waals surface area contributed by atoms with Crippen molar-refractivity contribution in [2.75, 3.05) is 11.9 Å². The fourth-order valence-electron chi connectivity index (χ4n) is 3.01. The molecule has 0 saturated heterocycles. The molecule has 1 N–H and O–H groups in total. The smallest absolute Gasteiger partial charge is 0.254 e. The zero-order valence-electron chi connectivity index (χ0n) is 14.0. The Kier molecular flexibility index (Phi) is 4.31. The Morgan fingerprint density at radius 2 is 1.96 bits per heavy atom. The molecule has 0 atom stereocenters. The zero-order chi connectivity index (χ0) is 17.9. The number of benzene rings is 2. The first-order valence-electron chi connectivity index (χ1n) is 8.41. The summed E-state index contributed by atoms with van der Waals surface area (Å²) in [6, 6.07) is 15.4. The summed E-state index contributed by atoms with van der Waals surface area (Å²) in [4.78, 5) is 23.2. The molecule has 6 heteroatoms. The third-order valence-corrected chi connectivity index (χ3v) is 4.32. The quantitative estimate of drug-likeness (QED) is 0.786. The number of rotatable bonds is 3. The van der Waals surface area contributed by atoms with Crippen molar-refractivity contribution in [1.82, 2.24) is 14.9 Å². The molecule has 130 valence electrons. The summed E-state index contributed by atoms with van der Waals surface area (Å²) in [5, 5.41) is 3.01. The predicted molar refractivity (Wildman–Crippen MR) is 96.6 cm³/mol. The summed E-state index contributed by atoms with van der Waals surface area (Å²) >= 11 is 0. The van der Waals surface area contributed by atoms with Gasteiger partial charge in [-0.25, -0.2) is 14.4 Å². The maximum atomic E-state index is 13.3. The number of aromatic nitrogens is 2. The normalized spacial score (nSPS) is 13.2. The topological polar surface area (TPSA) is 58.1 Å². The summed E-state index contributed by atoms with van der Waals surface area (Å²) in [5.41, 5.74) is 3.13. The highest BCUT2D eigenvalue weighted by Crippen LogP contribution is 2.21. The van der Waals surface area contributed by atoms with E-state index in [1.807, 2.05) is 30.3 Å². The Hall–Kier alpha value is -3.28. The minimum Gasteiger partial charge on any atom is -0.334 e. The number of amides is 1. The third-order valence-electron chi connectivity index (χ3n) is 4.32. The fraction of sp³-hybridized carbons (Fsp3) is 0.150. The molecule has 0 aliphatic carbocycles. The van der Waals surface area contributed by atoms with Crippen LogP contribution in [0.1, 0.15) is 21.6 Å². The lowest BCUT2D eigenvalue weighted by Gasteiger charge is -2.28. The molecule has 0 bridgehead atoms. The highest BCUT2D eigenvalue weighted by molar-refractivity contribution is 5.94. The number of fused-ring (bicyclic) bond motifs is 1. The molecular formula is C20H17FN4O. The van der Waals surface area contributed by atoms with Crippen LogP contribution in [0.3, 0.4) is 0 Å². The van der Waals surface area contributed by atoms with Gasteiger partial charge in [-0.05, 0) is 30.3 Å². The molecule has 0 saturated carbocycles. The van der Waals surface area contributed by atoms with E-state index >= 15 is 0 Å². The van der Waals surface area contributed by atoms with Crippen LogP contribution < -0.4 is 5.32 Å². The molecule has 0 radical (unpaired) electrons. The van der Waals surface area contributed by atoms with Crippen molar-refractivity contribution in [3.63, 3.8) is 0 Å². The summed E-state index contributed by atoms with van der Waals surface area (Å²) in [7, 11) is 0. The van der Waals surface area contributed by atoms with Crippen LogP contribution >= 0.6 is 0 Å². The number of nitrogens with one attached hydrogen (secondary N) is 1. The number of hydrogen-bond acceptors (Lipinski definition) is 4. The van der Waals surface area contributed by atoms with Crippen LogP contribution in [-0.4, -0.2) is 27.3 Å². The molecular weight excluding hydrogens is 331 g/mol. The SMILES string of the molecule is O=C(c1ccccc1)N1CCc2nc(Nc3cccc(F)c3)ncc2C1. The van der Waals surface area contributed by atoms with Crippen molar-refractivity contribution in [2.24, 2.45) is 0 Å². The van der Waals surface area contributed by atoms with E-state index < -0.39 is 0 Å². The largest absolute Gasteiger partial charge is 0.334 e. The van der Waals surface area contributed by atoms with E-state index in [1.165, 1.54) is 12.1 Å². The Labute approximate surface area is 150 Å². The second kappa shape index (κ2) is 6.92. The molecule has 0 unspecified atom stereocenters. The van der Waals surface area contributed by atoms with Gasteiger partial charge in [0, 0.05) is 42.5 Å². The highest BCUT2D eigenvalue weighted by Gasteiger charge is 2.23. The van der Waals surface area contributed by atoms with E-state index in [4.69, 9.17) is 0 Å². The van der Waals surface area contributed by atoms with Gasteiger partial charge in [0.1, 0.15) is 5.82 Å². The Morgan fingerprint density at radius 3 is 2.77 bits per heavy atom. The van der Waals surface area contributed by atoms with Gasteiger partial charge in [-0.3, -0.25) is 4.79 Å². The highest BCUT2D eigenvalue weighted by atomic mass is 19.1. The van der Waals surface area contributed by atoms with Crippen LogP contribution in [0.25, 0.3) is 0 Å². The lowest BCUT2D eigenvalue weighted by molar-refractivity contribution is 0.0733. The zero-order valence-corrected chi connectivity index (χ0v) is 14.0. The maximum absolute atomic E-state index is 13.3. The van der Waals surface area contributed by atoms with Crippen molar-refractivity contribution in [1.29, 1.82) is 0 Å². The Balaban J connectivity index is 1.50. The second-order valence-corrected chi connectivity index (χ2v) is 6.14. The molecule has 2 aromatic carbocycles. The molecule has 1 aliphatic rings. The number of halogens is 1. The van der Waals surface area contributed by atoms with Crippen LogP contribution in [-0.2, 0) is 13.0 Å². The minimum atomic E-state index is -0.317. The Morgan fingerprint density at radius 1 is 1.12 bits per heavy atom.